The minimum atomic E-state index is -0.245. The molecule has 2 amide bonds. The predicted octanol–water partition coefficient (Wildman–Crippen LogP) is 0.964. The lowest BCUT2D eigenvalue weighted by molar-refractivity contribution is -0.121. The number of hydrogen-bond donors (Lipinski definition) is 2. The topological polar surface area (TPSA) is 79.3 Å². The van der Waals surface area contributed by atoms with E-state index in [1.54, 1.807) is 4.68 Å². The molecule has 0 aliphatic carbocycles. The SMILES string of the molecule is CC(=O)N[C@H]1CCCN([C@H](C)C(=O)Nc2c(C)nn(C)c2C)C1. The van der Waals surface area contributed by atoms with Crippen LogP contribution >= 0.6 is 0 Å². The summed E-state index contributed by atoms with van der Waals surface area (Å²) in [5.74, 6) is -0.0526. The van der Waals surface area contributed by atoms with Crippen LogP contribution in [0.5, 0.6) is 0 Å². The van der Waals surface area contributed by atoms with E-state index in [4.69, 9.17) is 0 Å². The van der Waals surface area contributed by atoms with Crippen molar-refractivity contribution in [2.45, 2.75) is 52.6 Å². The number of hydrogen-bond acceptors (Lipinski definition) is 4. The van der Waals surface area contributed by atoms with Gasteiger partial charge in [-0.05, 0) is 40.2 Å². The van der Waals surface area contributed by atoms with Crippen molar-refractivity contribution < 1.29 is 9.59 Å². The second kappa shape index (κ2) is 7.12. The van der Waals surface area contributed by atoms with Crippen LogP contribution in [-0.2, 0) is 16.6 Å². The van der Waals surface area contributed by atoms with Gasteiger partial charge in [0.1, 0.15) is 0 Å². The summed E-state index contributed by atoms with van der Waals surface area (Å²) in [5.41, 5.74) is 2.55. The third-order valence-corrected chi connectivity index (χ3v) is 4.54. The molecule has 7 heteroatoms. The van der Waals surface area contributed by atoms with Crippen molar-refractivity contribution in [3.8, 4) is 0 Å². The highest BCUT2D eigenvalue weighted by Gasteiger charge is 2.28. The quantitative estimate of drug-likeness (QED) is 0.866. The lowest BCUT2D eigenvalue weighted by Crippen LogP contribution is -2.52. The molecule has 7 nitrogen and oxygen atoms in total. The normalized spacial score (nSPS) is 20.1. The van der Waals surface area contributed by atoms with Gasteiger partial charge in [-0.2, -0.15) is 5.10 Å². The number of amides is 2. The van der Waals surface area contributed by atoms with Crippen LogP contribution in [0, 0.1) is 13.8 Å². The Bertz CT molecular complexity index is 596. The molecular formula is C16H27N5O2. The van der Waals surface area contributed by atoms with Crippen LogP contribution in [-0.4, -0.2) is 51.7 Å². The van der Waals surface area contributed by atoms with Crippen molar-refractivity contribution in [3.63, 3.8) is 0 Å². The molecular weight excluding hydrogens is 294 g/mol. The van der Waals surface area contributed by atoms with Gasteiger partial charge < -0.3 is 10.6 Å². The third kappa shape index (κ3) is 4.10. The van der Waals surface area contributed by atoms with E-state index in [9.17, 15) is 9.59 Å². The summed E-state index contributed by atoms with van der Waals surface area (Å²) in [7, 11) is 1.87. The number of nitrogens with one attached hydrogen (secondary N) is 2. The first-order valence-corrected chi connectivity index (χ1v) is 8.11. The summed E-state index contributed by atoms with van der Waals surface area (Å²) in [6.07, 6.45) is 1.94. The number of rotatable bonds is 4. The predicted molar refractivity (Wildman–Crippen MR) is 89.2 cm³/mol. The third-order valence-electron chi connectivity index (χ3n) is 4.54. The Morgan fingerprint density at radius 2 is 2.04 bits per heavy atom. The number of anilines is 1. The molecule has 0 aromatic carbocycles. The lowest BCUT2D eigenvalue weighted by atomic mass is 10.0. The van der Waals surface area contributed by atoms with Crippen LogP contribution in [0.15, 0.2) is 0 Å². The maximum atomic E-state index is 12.6. The minimum absolute atomic E-state index is 0.0180. The van der Waals surface area contributed by atoms with Gasteiger partial charge in [0.25, 0.3) is 0 Å². The standard InChI is InChI=1S/C16H27N5O2/c1-10-15(11(2)20(5)19-10)18-16(23)12(3)21-8-6-7-14(9-21)17-13(4)22/h12,14H,6-9H2,1-5H3,(H,17,22)(H,18,23)/t12-,14+/m1/s1. The first kappa shape index (κ1) is 17.5. The molecule has 0 saturated carbocycles. The van der Waals surface area contributed by atoms with Crippen molar-refractivity contribution >= 4 is 17.5 Å². The second-order valence-electron chi connectivity index (χ2n) is 6.37. The zero-order chi connectivity index (χ0) is 17.1. The molecule has 1 aromatic rings. The van der Waals surface area contributed by atoms with Gasteiger partial charge in [-0.15, -0.1) is 0 Å². The molecule has 23 heavy (non-hydrogen) atoms. The Hall–Kier alpha value is -1.89. The van der Waals surface area contributed by atoms with E-state index < -0.39 is 0 Å². The van der Waals surface area contributed by atoms with E-state index in [1.165, 1.54) is 6.92 Å². The summed E-state index contributed by atoms with van der Waals surface area (Å²) in [5, 5.41) is 10.3. The van der Waals surface area contributed by atoms with Gasteiger partial charge in [0.15, 0.2) is 0 Å². The summed E-state index contributed by atoms with van der Waals surface area (Å²) >= 11 is 0. The fourth-order valence-electron chi connectivity index (χ4n) is 3.11. The van der Waals surface area contributed by atoms with Crippen LogP contribution in [0.25, 0.3) is 0 Å². The highest BCUT2D eigenvalue weighted by molar-refractivity contribution is 5.95. The van der Waals surface area contributed by atoms with E-state index in [0.717, 1.165) is 36.5 Å². The smallest absolute Gasteiger partial charge is 0.241 e. The highest BCUT2D eigenvalue weighted by atomic mass is 16.2. The number of aromatic nitrogens is 2. The molecule has 0 unspecified atom stereocenters. The van der Waals surface area contributed by atoms with Crippen LogP contribution < -0.4 is 10.6 Å². The zero-order valence-electron chi connectivity index (χ0n) is 14.6. The van der Waals surface area contributed by atoms with Gasteiger partial charge in [0, 0.05) is 26.6 Å². The van der Waals surface area contributed by atoms with Gasteiger partial charge >= 0.3 is 0 Å². The van der Waals surface area contributed by atoms with Crippen LogP contribution in [0.4, 0.5) is 5.69 Å². The first-order valence-electron chi connectivity index (χ1n) is 8.11. The van der Waals surface area contributed by atoms with Crippen molar-refractivity contribution in [3.05, 3.63) is 11.4 Å². The van der Waals surface area contributed by atoms with Crippen molar-refractivity contribution in [1.82, 2.24) is 20.0 Å². The maximum Gasteiger partial charge on any atom is 0.241 e. The lowest BCUT2D eigenvalue weighted by Gasteiger charge is -2.36. The van der Waals surface area contributed by atoms with Crippen molar-refractivity contribution in [2.75, 3.05) is 18.4 Å². The molecule has 1 aromatic heterocycles. The van der Waals surface area contributed by atoms with Crippen LogP contribution in [0.1, 0.15) is 38.1 Å². The number of likely N-dealkylation sites (tertiary alicyclic amines) is 1. The fourth-order valence-corrected chi connectivity index (χ4v) is 3.11. The van der Waals surface area contributed by atoms with Gasteiger partial charge in [-0.25, -0.2) is 0 Å². The van der Waals surface area contributed by atoms with Crippen molar-refractivity contribution in [1.29, 1.82) is 0 Å². The number of aryl methyl sites for hydroxylation is 2. The Morgan fingerprint density at radius 1 is 1.35 bits per heavy atom. The molecule has 1 fully saturated rings. The Morgan fingerprint density at radius 3 is 2.61 bits per heavy atom. The maximum absolute atomic E-state index is 12.6. The Labute approximate surface area is 137 Å². The molecule has 2 atom stereocenters. The van der Waals surface area contributed by atoms with Gasteiger partial charge in [-0.1, -0.05) is 0 Å². The first-order chi connectivity index (χ1) is 10.8. The second-order valence-corrected chi connectivity index (χ2v) is 6.37. The molecule has 1 aliphatic rings. The van der Waals surface area contributed by atoms with E-state index in [-0.39, 0.29) is 23.9 Å². The summed E-state index contributed by atoms with van der Waals surface area (Å²) in [4.78, 5) is 25.9. The van der Waals surface area contributed by atoms with E-state index in [1.807, 2.05) is 27.8 Å². The van der Waals surface area contributed by atoms with Crippen LogP contribution in [0.3, 0.4) is 0 Å². The van der Waals surface area contributed by atoms with E-state index >= 15 is 0 Å². The number of carbonyl (C=O) groups is 2. The number of carbonyl (C=O) groups excluding carboxylic acids is 2. The van der Waals surface area contributed by atoms with E-state index in [2.05, 4.69) is 20.6 Å². The Balaban J connectivity index is 2.00. The monoisotopic (exact) mass is 321 g/mol. The molecule has 2 heterocycles. The number of piperidine rings is 1. The average molecular weight is 321 g/mol. The van der Waals surface area contributed by atoms with Gasteiger partial charge in [0.05, 0.1) is 23.1 Å². The zero-order valence-corrected chi connectivity index (χ0v) is 14.6. The molecule has 0 radical (unpaired) electrons. The van der Waals surface area contributed by atoms with Gasteiger partial charge in [0.2, 0.25) is 11.8 Å². The number of nitrogens with zero attached hydrogens (tertiary/aromatic N) is 3. The average Bonchev–Trinajstić information content (AvgIpc) is 2.72. The molecule has 1 saturated heterocycles. The molecule has 128 valence electrons. The Kier molecular flexibility index (Phi) is 5.41. The minimum Gasteiger partial charge on any atom is -0.352 e. The van der Waals surface area contributed by atoms with Crippen molar-refractivity contribution in [2.24, 2.45) is 7.05 Å². The molecule has 2 N–H and O–H groups in total. The fraction of sp³-hybridized carbons (Fsp3) is 0.688. The molecule has 2 rings (SSSR count). The van der Waals surface area contributed by atoms with Gasteiger partial charge in [-0.3, -0.25) is 19.2 Å². The van der Waals surface area contributed by atoms with Crippen LogP contribution in [0.2, 0.25) is 0 Å². The summed E-state index contributed by atoms with van der Waals surface area (Å²) in [6, 6.07) is -0.121. The highest BCUT2D eigenvalue weighted by Crippen LogP contribution is 2.20. The summed E-state index contributed by atoms with van der Waals surface area (Å²) < 4.78 is 1.77. The molecule has 1 aliphatic heterocycles. The molecule has 0 bridgehead atoms. The largest absolute Gasteiger partial charge is 0.352 e. The molecule has 0 spiro atoms. The van der Waals surface area contributed by atoms with E-state index in [0.29, 0.717) is 6.54 Å². The summed E-state index contributed by atoms with van der Waals surface area (Å²) in [6.45, 7) is 8.85.